The van der Waals surface area contributed by atoms with Crippen molar-refractivity contribution in [2.75, 3.05) is 20.6 Å². The Balaban J connectivity index is 3.85. The molecule has 1 nitrogen and oxygen atoms in total. The minimum Gasteiger partial charge on any atom is -0.309 e. The van der Waals surface area contributed by atoms with Gasteiger partial charge in [-0.15, -0.1) is 0 Å². The van der Waals surface area contributed by atoms with E-state index in [1.165, 1.54) is 206 Å². The minimum atomic E-state index is 0.993. The topological polar surface area (TPSA) is 3.24 Å². The fourth-order valence-corrected chi connectivity index (χ4v) is 6.57. The summed E-state index contributed by atoms with van der Waals surface area (Å²) in [5, 5.41) is 0. The molecule has 0 saturated carbocycles. The zero-order chi connectivity index (χ0) is 32.7. The van der Waals surface area contributed by atoms with Crippen molar-refractivity contribution in [1.29, 1.82) is 0 Å². The molecule has 266 valence electrons. The molecular formula is C44H85N. The van der Waals surface area contributed by atoms with E-state index in [4.69, 9.17) is 0 Å². The van der Waals surface area contributed by atoms with E-state index in [9.17, 15) is 0 Å². The molecule has 0 aromatic heterocycles. The van der Waals surface area contributed by atoms with E-state index in [0.717, 1.165) is 12.3 Å². The first-order chi connectivity index (χ1) is 22.2. The van der Waals surface area contributed by atoms with Gasteiger partial charge in [0.05, 0.1) is 0 Å². The Labute approximate surface area is 286 Å². The normalized spacial score (nSPS) is 13.0. The number of allylic oxidation sites excluding steroid dienone is 6. The highest BCUT2D eigenvalue weighted by Crippen LogP contribution is 2.24. The monoisotopic (exact) mass is 628 g/mol. The molecule has 45 heavy (non-hydrogen) atoms. The van der Waals surface area contributed by atoms with Crippen LogP contribution in [-0.4, -0.2) is 25.5 Å². The first-order valence-electron chi connectivity index (χ1n) is 20.8. The Morgan fingerprint density at radius 3 is 1.09 bits per heavy atom. The van der Waals surface area contributed by atoms with Crippen molar-refractivity contribution in [3.05, 3.63) is 36.5 Å². The molecule has 0 aliphatic heterocycles. The molecule has 1 unspecified atom stereocenters. The van der Waals surface area contributed by atoms with Crippen molar-refractivity contribution in [1.82, 2.24) is 4.90 Å². The van der Waals surface area contributed by atoms with Crippen molar-refractivity contribution >= 4 is 0 Å². The van der Waals surface area contributed by atoms with Gasteiger partial charge in [-0.25, -0.2) is 0 Å². The Bertz CT molecular complexity index is 614. The second-order valence-electron chi connectivity index (χ2n) is 14.6. The third-order valence-corrected chi connectivity index (χ3v) is 9.65. The van der Waals surface area contributed by atoms with Crippen LogP contribution in [0.3, 0.4) is 0 Å². The maximum absolute atomic E-state index is 2.46. The van der Waals surface area contributed by atoms with E-state index < -0.39 is 0 Å². The smallest absolute Gasteiger partial charge is 0.00248 e. The Morgan fingerprint density at radius 2 is 0.667 bits per heavy atom. The van der Waals surface area contributed by atoms with E-state index in [2.05, 4.69) is 69.3 Å². The molecule has 0 spiro atoms. The van der Waals surface area contributed by atoms with Gasteiger partial charge in [-0.2, -0.15) is 0 Å². The fourth-order valence-electron chi connectivity index (χ4n) is 6.57. The Morgan fingerprint density at radius 1 is 0.356 bits per heavy atom. The number of nitrogens with zero attached hydrogens (tertiary/aromatic N) is 1. The van der Waals surface area contributed by atoms with Gasteiger partial charge in [0, 0.05) is 0 Å². The number of rotatable bonds is 37. The lowest BCUT2D eigenvalue weighted by Gasteiger charge is -2.17. The van der Waals surface area contributed by atoms with E-state index in [0.29, 0.717) is 0 Å². The van der Waals surface area contributed by atoms with Crippen LogP contribution in [0.25, 0.3) is 0 Å². The van der Waals surface area contributed by atoms with Gasteiger partial charge in [0.25, 0.3) is 0 Å². The van der Waals surface area contributed by atoms with Crippen LogP contribution in [0.1, 0.15) is 219 Å². The van der Waals surface area contributed by atoms with Gasteiger partial charge >= 0.3 is 0 Å². The Hall–Kier alpha value is -0.820. The molecule has 0 aliphatic carbocycles. The van der Waals surface area contributed by atoms with E-state index in [-0.39, 0.29) is 0 Å². The molecule has 1 atom stereocenters. The summed E-state index contributed by atoms with van der Waals surface area (Å²) in [6.07, 6.45) is 59.2. The number of hydrogen-bond acceptors (Lipinski definition) is 1. The standard InChI is InChI=1S/C44H85N/c1-5-7-9-11-13-15-17-19-21-23-25-27-29-31-33-36-40-44(42-38-35-39-43-45(3)4)41-37-34-32-30-28-26-24-22-20-18-16-14-12-10-8-6-2/h13,15,19-22,44H,5-12,14,16-18,23-43H2,1-4H3/b15-13-,21-19-,22-20-. The summed E-state index contributed by atoms with van der Waals surface area (Å²) in [6.45, 7) is 5.83. The van der Waals surface area contributed by atoms with Crippen LogP contribution >= 0.6 is 0 Å². The largest absolute Gasteiger partial charge is 0.309 e. The van der Waals surface area contributed by atoms with E-state index >= 15 is 0 Å². The minimum absolute atomic E-state index is 0.993. The SMILES string of the molecule is CCCCC/C=C\C/C=C\CCCCCCCCC(CCCCCCCC/C=C\CCCCCCCC)CCCCCN(C)C. The zero-order valence-electron chi connectivity index (χ0n) is 31.8. The third kappa shape index (κ3) is 39.3. The molecule has 0 bridgehead atoms. The summed E-state index contributed by atoms with van der Waals surface area (Å²) in [5.74, 6) is 0.993. The number of hydrogen-bond donors (Lipinski definition) is 0. The molecule has 1 heteroatoms. The van der Waals surface area contributed by atoms with E-state index in [1.807, 2.05) is 0 Å². The van der Waals surface area contributed by atoms with Gasteiger partial charge in [0.2, 0.25) is 0 Å². The van der Waals surface area contributed by atoms with Crippen molar-refractivity contribution in [2.45, 2.75) is 219 Å². The molecule has 0 N–H and O–H groups in total. The molecule has 0 saturated heterocycles. The quantitative estimate of drug-likeness (QED) is 0.0489. The van der Waals surface area contributed by atoms with Crippen LogP contribution in [0.2, 0.25) is 0 Å². The maximum Gasteiger partial charge on any atom is -0.00248 e. The molecule has 0 rings (SSSR count). The summed E-state index contributed by atoms with van der Waals surface area (Å²) in [4.78, 5) is 2.34. The molecule has 0 fully saturated rings. The first kappa shape index (κ1) is 44.2. The second-order valence-corrected chi connectivity index (χ2v) is 14.6. The van der Waals surface area contributed by atoms with Gasteiger partial charge in [-0.05, 0) is 90.8 Å². The lowest BCUT2D eigenvalue weighted by Crippen LogP contribution is -2.12. The van der Waals surface area contributed by atoms with Crippen LogP contribution in [0.15, 0.2) is 36.5 Å². The summed E-state index contributed by atoms with van der Waals surface area (Å²) in [5.41, 5.74) is 0. The van der Waals surface area contributed by atoms with Gasteiger partial charge in [-0.1, -0.05) is 192 Å². The molecule has 0 radical (unpaired) electrons. The van der Waals surface area contributed by atoms with Crippen molar-refractivity contribution in [2.24, 2.45) is 5.92 Å². The van der Waals surface area contributed by atoms with Crippen LogP contribution < -0.4 is 0 Å². The second kappa shape index (κ2) is 39.4. The average molecular weight is 628 g/mol. The van der Waals surface area contributed by atoms with Crippen LogP contribution in [0, 0.1) is 5.92 Å². The van der Waals surface area contributed by atoms with Gasteiger partial charge in [-0.3, -0.25) is 0 Å². The summed E-state index contributed by atoms with van der Waals surface area (Å²) in [6, 6.07) is 0. The predicted octanol–water partition coefficient (Wildman–Crippen LogP) is 15.4. The third-order valence-electron chi connectivity index (χ3n) is 9.65. The maximum atomic E-state index is 2.46. The average Bonchev–Trinajstić information content (AvgIpc) is 3.03. The lowest BCUT2D eigenvalue weighted by molar-refractivity contribution is 0.352. The first-order valence-corrected chi connectivity index (χ1v) is 20.8. The van der Waals surface area contributed by atoms with Crippen LogP contribution in [-0.2, 0) is 0 Å². The summed E-state index contributed by atoms with van der Waals surface area (Å²) < 4.78 is 0. The highest BCUT2D eigenvalue weighted by molar-refractivity contribution is 4.92. The zero-order valence-corrected chi connectivity index (χ0v) is 31.8. The van der Waals surface area contributed by atoms with Gasteiger partial charge in [0.1, 0.15) is 0 Å². The summed E-state index contributed by atoms with van der Waals surface area (Å²) >= 11 is 0. The molecule has 0 aromatic carbocycles. The fraction of sp³-hybridized carbons (Fsp3) is 0.864. The molecule has 0 heterocycles. The highest BCUT2D eigenvalue weighted by atomic mass is 15.0. The lowest BCUT2D eigenvalue weighted by atomic mass is 9.89. The Kier molecular flexibility index (Phi) is 38.6. The molecule has 0 aliphatic rings. The highest BCUT2D eigenvalue weighted by Gasteiger charge is 2.09. The van der Waals surface area contributed by atoms with Crippen LogP contribution in [0.4, 0.5) is 0 Å². The molecular weight excluding hydrogens is 542 g/mol. The van der Waals surface area contributed by atoms with E-state index in [1.54, 1.807) is 0 Å². The van der Waals surface area contributed by atoms with Gasteiger partial charge in [0.15, 0.2) is 0 Å². The van der Waals surface area contributed by atoms with Crippen molar-refractivity contribution in [3.63, 3.8) is 0 Å². The van der Waals surface area contributed by atoms with Gasteiger partial charge < -0.3 is 4.90 Å². The predicted molar refractivity (Wildman–Crippen MR) is 209 cm³/mol. The summed E-state index contributed by atoms with van der Waals surface area (Å²) in [7, 11) is 4.42. The van der Waals surface area contributed by atoms with Crippen molar-refractivity contribution < 1.29 is 0 Å². The van der Waals surface area contributed by atoms with Crippen molar-refractivity contribution in [3.8, 4) is 0 Å². The molecule has 0 amide bonds. The molecule has 0 aromatic rings. The van der Waals surface area contributed by atoms with Crippen LogP contribution in [0.5, 0.6) is 0 Å². The number of unbranched alkanes of at least 4 members (excludes halogenated alkanes) is 23.